The van der Waals surface area contributed by atoms with Crippen LogP contribution in [0.25, 0.3) is 11.1 Å². The van der Waals surface area contributed by atoms with E-state index in [2.05, 4.69) is 31.0 Å². The molecule has 0 radical (unpaired) electrons. The molecule has 0 fully saturated rings. The van der Waals surface area contributed by atoms with Crippen LogP contribution >= 0.6 is 0 Å². The number of carbonyl (C=O) groups is 1. The molecule has 0 atom stereocenters. The molecule has 2 aromatic heterocycles. The number of hydrogen-bond acceptors (Lipinski definition) is 7. The molecule has 0 aliphatic rings. The summed E-state index contributed by atoms with van der Waals surface area (Å²) < 4.78 is 1.70. The van der Waals surface area contributed by atoms with Gasteiger partial charge in [0.05, 0.1) is 11.9 Å². The highest BCUT2D eigenvalue weighted by atomic mass is 16.1. The molecule has 0 aliphatic heterocycles. The Labute approximate surface area is 204 Å². The Morgan fingerprint density at radius 2 is 1.89 bits per heavy atom. The van der Waals surface area contributed by atoms with Crippen molar-refractivity contribution in [3.05, 3.63) is 85.3 Å². The minimum absolute atomic E-state index is 0.185. The molecule has 0 bridgehead atoms. The number of anilines is 5. The van der Waals surface area contributed by atoms with Gasteiger partial charge in [0, 0.05) is 49.0 Å². The van der Waals surface area contributed by atoms with Gasteiger partial charge in [-0.15, -0.1) is 0 Å². The molecule has 0 saturated carbocycles. The average Bonchev–Trinajstić information content (AvgIpc) is 3.24. The molecule has 4 aromatic rings. The molecule has 4 rings (SSSR count). The first-order valence-electron chi connectivity index (χ1n) is 11.1. The fourth-order valence-corrected chi connectivity index (χ4v) is 3.39. The third kappa shape index (κ3) is 6.75. The minimum atomic E-state index is -0.185. The predicted molar refractivity (Wildman–Crippen MR) is 140 cm³/mol. The first-order valence-corrected chi connectivity index (χ1v) is 11.1. The molecule has 35 heavy (non-hydrogen) atoms. The monoisotopic (exact) mass is 468 g/mol. The van der Waals surface area contributed by atoms with E-state index in [1.807, 2.05) is 86.8 Å². The van der Waals surface area contributed by atoms with Crippen LogP contribution in [-0.2, 0) is 11.8 Å². The largest absolute Gasteiger partial charge is 0.340 e. The molecule has 9 heteroatoms. The number of likely N-dealkylation sites (N-methyl/N-ethyl adjacent to an activating group) is 1. The summed E-state index contributed by atoms with van der Waals surface area (Å²) in [5.41, 5.74) is 4.29. The van der Waals surface area contributed by atoms with Crippen LogP contribution in [0.4, 0.5) is 28.8 Å². The molecule has 3 N–H and O–H groups in total. The first kappa shape index (κ1) is 23.7. The summed E-state index contributed by atoms with van der Waals surface area (Å²) in [6, 6.07) is 17.6. The van der Waals surface area contributed by atoms with E-state index in [0.717, 1.165) is 22.5 Å². The van der Waals surface area contributed by atoms with Gasteiger partial charge >= 0.3 is 0 Å². The smallest absolute Gasteiger partial charge is 0.248 e. The second-order valence-corrected chi connectivity index (χ2v) is 8.20. The number of nitrogens with one attached hydrogen (secondary N) is 3. The van der Waals surface area contributed by atoms with Gasteiger partial charge < -0.3 is 20.9 Å². The quantitative estimate of drug-likeness (QED) is 0.313. The molecule has 9 nitrogen and oxygen atoms in total. The molecule has 1 amide bonds. The van der Waals surface area contributed by atoms with E-state index in [4.69, 9.17) is 0 Å². The Kier molecular flexibility index (Phi) is 7.49. The molecule has 0 saturated heterocycles. The molecule has 178 valence electrons. The lowest BCUT2D eigenvalue weighted by atomic mass is 10.0. The zero-order valence-electron chi connectivity index (χ0n) is 19.9. The van der Waals surface area contributed by atoms with E-state index in [-0.39, 0.29) is 5.91 Å². The van der Waals surface area contributed by atoms with Gasteiger partial charge in [0.1, 0.15) is 5.82 Å². The maximum atomic E-state index is 12.4. The Hall–Kier alpha value is -4.50. The van der Waals surface area contributed by atoms with Gasteiger partial charge in [-0.05, 0) is 37.9 Å². The second-order valence-electron chi connectivity index (χ2n) is 8.20. The summed E-state index contributed by atoms with van der Waals surface area (Å²) in [6.07, 6.45) is 8.59. The van der Waals surface area contributed by atoms with Crippen LogP contribution in [-0.4, -0.2) is 51.2 Å². The van der Waals surface area contributed by atoms with Crippen LogP contribution in [0.2, 0.25) is 0 Å². The molecule has 2 aromatic carbocycles. The van der Waals surface area contributed by atoms with Crippen molar-refractivity contribution in [2.24, 2.45) is 7.05 Å². The van der Waals surface area contributed by atoms with Crippen LogP contribution in [0, 0.1) is 0 Å². The third-order valence-corrected chi connectivity index (χ3v) is 4.99. The maximum absolute atomic E-state index is 12.4. The van der Waals surface area contributed by atoms with E-state index >= 15 is 0 Å². The van der Waals surface area contributed by atoms with Gasteiger partial charge in [-0.1, -0.05) is 42.5 Å². The number of amides is 1. The van der Waals surface area contributed by atoms with Crippen molar-refractivity contribution in [2.75, 3.05) is 36.6 Å². The van der Waals surface area contributed by atoms with Gasteiger partial charge in [0.25, 0.3) is 0 Å². The van der Waals surface area contributed by atoms with Gasteiger partial charge in [-0.25, -0.2) is 4.98 Å². The number of rotatable bonds is 9. The van der Waals surface area contributed by atoms with E-state index in [1.165, 1.54) is 0 Å². The number of aromatic nitrogens is 4. The molecular formula is C26H28N8O. The SMILES string of the molecule is CN(C)C/C=C/C(=O)Nc1ccc(-c2ccccc2)c(Nc2ccnc(Nc3cnn(C)c3)n2)c1. The van der Waals surface area contributed by atoms with Crippen molar-refractivity contribution >= 4 is 34.7 Å². The Morgan fingerprint density at radius 1 is 1.06 bits per heavy atom. The Morgan fingerprint density at radius 3 is 2.63 bits per heavy atom. The van der Waals surface area contributed by atoms with Gasteiger partial charge in [0.2, 0.25) is 11.9 Å². The summed E-state index contributed by atoms with van der Waals surface area (Å²) in [5, 5.41) is 13.6. The lowest BCUT2D eigenvalue weighted by Gasteiger charge is -2.15. The Bertz CT molecular complexity index is 1310. The van der Waals surface area contributed by atoms with Crippen molar-refractivity contribution in [1.29, 1.82) is 0 Å². The zero-order valence-corrected chi connectivity index (χ0v) is 19.9. The highest BCUT2D eigenvalue weighted by molar-refractivity contribution is 6.00. The molecule has 2 heterocycles. The van der Waals surface area contributed by atoms with Crippen LogP contribution < -0.4 is 16.0 Å². The molecule has 0 unspecified atom stereocenters. The summed E-state index contributed by atoms with van der Waals surface area (Å²) in [7, 11) is 5.75. The van der Waals surface area contributed by atoms with Crippen LogP contribution in [0.3, 0.4) is 0 Å². The standard InChI is InChI=1S/C26H28N8O/c1-33(2)15-7-10-25(35)29-20-11-12-22(19-8-5-4-6-9-19)23(16-20)31-24-13-14-27-26(32-24)30-21-17-28-34(3)18-21/h4-14,16-18H,15H2,1-3H3,(H,29,35)(H2,27,30,31,32)/b10-7+. The molecule has 0 aliphatic carbocycles. The van der Waals surface area contributed by atoms with Crippen molar-refractivity contribution in [3.63, 3.8) is 0 Å². The average molecular weight is 469 g/mol. The zero-order chi connectivity index (χ0) is 24.6. The van der Waals surface area contributed by atoms with Crippen molar-refractivity contribution in [3.8, 4) is 11.1 Å². The predicted octanol–water partition coefficient (Wildman–Crippen LogP) is 4.42. The van der Waals surface area contributed by atoms with Gasteiger partial charge in [-0.3, -0.25) is 9.48 Å². The summed E-state index contributed by atoms with van der Waals surface area (Å²) >= 11 is 0. The van der Waals surface area contributed by atoms with Crippen LogP contribution in [0.1, 0.15) is 0 Å². The fraction of sp³-hybridized carbons (Fsp3) is 0.154. The lowest BCUT2D eigenvalue weighted by Crippen LogP contribution is -2.13. The molecular weight excluding hydrogens is 440 g/mol. The molecule has 0 spiro atoms. The number of carbonyl (C=O) groups excluding carboxylic acids is 1. The summed E-state index contributed by atoms with van der Waals surface area (Å²) in [4.78, 5) is 23.2. The van der Waals surface area contributed by atoms with Crippen molar-refractivity contribution in [1.82, 2.24) is 24.6 Å². The van der Waals surface area contributed by atoms with Crippen LogP contribution in [0.5, 0.6) is 0 Å². The van der Waals surface area contributed by atoms with Crippen LogP contribution in [0.15, 0.2) is 85.3 Å². The van der Waals surface area contributed by atoms with Crippen molar-refractivity contribution < 1.29 is 4.79 Å². The normalized spacial score (nSPS) is 11.1. The number of nitrogens with zero attached hydrogens (tertiary/aromatic N) is 5. The summed E-state index contributed by atoms with van der Waals surface area (Å²) in [5.74, 6) is 0.868. The second kappa shape index (κ2) is 11.1. The van der Waals surface area contributed by atoms with E-state index in [0.29, 0.717) is 24.0 Å². The first-order chi connectivity index (χ1) is 17.0. The van der Waals surface area contributed by atoms with Crippen molar-refractivity contribution in [2.45, 2.75) is 0 Å². The topological polar surface area (TPSA) is 100 Å². The van der Waals surface area contributed by atoms with Gasteiger partial charge in [0.15, 0.2) is 0 Å². The van der Waals surface area contributed by atoms with E-state index in [9.17, 15) is 4.79 Å². The highest BCUT2D eigenvalue weighted by Gasteiger charge is 2.10. The number of hydrogen-bond donors (Lipinski definition) is 3. The van der Waals surface area contributed by atoms with E-state index < -0.39 is 0 Å². The maximum Gasteiger partial charge on any atom is 0.248 e. The van der Waals surface area contributed by atoms with E-state index in [1.54, 1.807) is 29.2 Å². The van der Waals surface area contributed by atoms with Gasteiger partial charge in [-0.2, -0.15) is 10.1 Å². The minimum Gasteiger partial charge on any atom is -0.340 e. The number of aryl methyl sites for hydroxylation is 1. The lowest BCUT2D eigenvalue weighted by molar-refractivity contribution is -0.111. The Balaban J connectivity index is 1.59. The number of benzene rings is 2. The highest BCUT2D eigenvalue weighted by Crippen LogP contribution is 2.32. The third-order valence-electron chi connectivity index (χ3n) is 4.99. The summed E-state index contributed by atoms with van der Waals surface area (Å²) in [6.45, 7) is 0.691. The fourth-order valence-electron chi connectivity index (χ4n) is 3.39.